The first-order valence-corrected chi connectivity index (χ1v) is 41.6. The molecule has 0 aromatic rings. The van der Waals surface area contributed by atoms with Crippen LogP contribution in [-0.4, -0.2) is 189 Å². The maximum atomic E-state index is 14.1. The molecule has 598 valence electrons. The number of nitrogens with one attached hydrogen (secondary N) is 2. The lowest BCUT2D eigenvalue weighted by Crippen LogP contribution is -2.47. The molecule has 4 aliphatic heterocycles. The highest BCUT2D eigenvalue weighted by atomic mass is 32.2. The second kappa shape index (κ2) is 37.0. The topological polar surface area (TPSA) is 372 Å². The number of ether oxygens (including phenoxy) is 2. The summed E-state index contributed by atoms with van der Waals surface area (Å²) in [7, 11) is -7.60. The summed E-state index contributed by atoms with van der Waals surface area (Å²) in [6.45, 7) is 35.9. The number of hydrogen-bond donors (Lipinski definition) is 6. The Kier molecular flexibility index (Phi) is 31.0. The van der Waals surface area contributed by atoms with E-state index in [1.165, 1.54) is 14.7 Å². The minimum atomic E-state index is -3.81. The molecule has 0 spiro atoms. The summed E-state index contributed by atoms with van der Waals surface area (Å²) < 4.78 is 65.6. The lowest BCUT2D eigenvalue weighted by molar-refractivity contribution is -0.160. The van der Waals surface area contributed by atoms with Crippen LogP contribution >= 0.6 is 0 Å². The Balaban J connectivity index is 0.000000262. The number of aliphatic carboxylic acids is 1. The number of amides is 5. The van der Waals surface area contributed by atoms with Crippen LogP contribution in [0.5, 0.6) is 0 Å². The number of likely N-dealkylation sites (tertiary alicyclic amines) is 2. The fourth-order valence-corrected chi connectivity index (χ4v) is 18.7. The lowest BCUT2D eigenvalue weighted by atomic mass is 9.82. The molecule has 106 heavy (non-hydrogen) atoms. The van der Waals surface area contributed by atoms with E-state index in [4.69, 9.17) is 9.47 Å². The predicted molar refractivity (Wildman–Crippen MR) is 400 cm³/mol. The van der Waals surface area contributed by atoms with Gasteiger partial charge in [-0.2, -0.15) is 0 Å². The van der Waals surface area contributed by atoms with Crippen molar-refractivity contribution in [2.75, 3.05) is 19.6 Å². The van der Waals surface area contributed by atoms with E-state index in [0.29, 0.717) is 50.9 Å². The SMILES string of the molecule is C=CCCC(C)C[C@@H](C)[C@H](C)C(=O)N1C[C@H](O)CC1C(=O)O.C=CCCC(C)C[C@@H](C)[C@H](CC(=O)OC(C)(C)C)C(=O)N1C[C@H](O)C[C@H]1C(=O)C[C@]1(C(=O)NS(=O)(=O)C2CC2)C[C@H]1C=C.CC1CC/C=C\[C@@H]2C[C@@]2(C(=O)NS(=O)(=O)C2CC2)CC(=O)C2C[C@@H](O)CN2C(=O)[C@@H](CC(=O)OC(C)(C)C)[C@H](C)C1. The molecule has 8 rings (SSSR count). The number of carboxylic acid groups (broad SMARTS) is 1. The van der Waals surface area contributed by atoms with E-state index in [1.54, 1.807) is 47.6 Å². The van der Waals surface area contributed by atoms with Gasteiger partial charge in [-0.25, -0.2) is 21.6 Å². The summed E-state index contributed by atoms with van der Waals surface area (Å²) in [6, 6.07) is -2.84. The van der Waals surface area contributed by atoms with Crippen molar-refractivity contribution in [2.24, 2.45) is 75.9 Å². The number of aliphatic hydroxyl groups excluding tert-OH is 3. The number of carbonyl (C=O) groups excluding carboxylic acids is 9. The van der Waals surface area contributed by atoms with Crippen LogP contribution in [0.2, 0.25) is 0 Å². The number of ketones is 2. The maximum absolute atomic E-state index is 14.1. The standard InChI is InChI=1S/C32H50N2O8S.C30H46N2O8S.C17H29NO4/c1-8-10-11-20(3)14-21(4)25(16-28(37)42-31(5,6)7)29(38)34-19-23(35)15-26(34)27(36)18-32(17-22(32)9-2)30(39)33-43(40,41)24-12-13-24;1-18-8-6-7-9-20-15-30(20,28(37)31-41(38,39)22-10-11-22)16-25(34)24-13-21(33)17-32(24)27(36)23(19(2)12-18)14-26(35)40-29(3,4)5;1-5-6-7-11(2)8-12(3)13(4)16(20)18-10-14(19)9-15(18)17(21)22/h8-9,20-26,35H,1-2,10-19H2,3-7H3,(H,33,39);7,9,18-24,33H,6,8,10-17H2,1-5H3,(H,31,37);5,11-15,19H,1,6-10H2,2-4H3,(H,21,22)/b;9-7-;/t20?,21-,22-,23-,25+,26+,32-;18?,19-,20-,21-,23+,24?,30-;11?,12-,13+,14-,15?/m111/s1. The summed E-state index contributed by atoms with van der Waals surface area (Å²) in [6.07, 6.45) is 16.2. The maximum Gasteiger partial charge on any atom is 0.326 e. The molecule has 19 atom stereocenters. The van der Waals surface area contributed by atoms with Gasteiger partial charge in [-0.3, -0.25) is 52.6 Å². The van der Waals surface area contributed by atoms with Gasteiger partial charge in [0.1, 0.15) is 17.2 Å². The lowest BCUT2D eigenvalue weighted by Gasteiger charge is -2.32. The third kappa shape index (κ3) is 24.7. The molecule has 3 saturated heterocycles. The predicted octanol–water partition coefficient (Wildman–Crippen LogP) is 8.86. The van der Waals surface area contributed by atoms with Crippen LogP contribution in [0.25, 0.3) is 0 Å². The third-order valence-corrected chi connectivity index (χ3v) is 26.3. The van der Waals surface area contributed by atoms with E-state index in [2.05, 4.69) is 50.0 Å². The van der Waals surface area contributed by atoms with Crippen molar-refractivity contribution in [3.8, 4) is 0 Å². The van der Waals surface area contributed by atoms with Crippen molar-refractivity contribution in [3.63, 3.8) is 0 Å². The number of Topliss-reactive ketones (excluding diaryl/α,β-unsaturated/α-hetero) is 2. The Labute approximate surface area is 629 Å². The molecule has 0 radical (unpaired) electrons. The van der Waals surface area contributed by atoms with Crippen molar-refractivity contribution in [2.45, 2.75) is 289 Å². The number of carboxylic acids is 1. The monoisotopic (exact) mass is 1530 g/mol. The number of allylic oxidation sites excluding steroid dienone is 5. The van der Waals surface area contributed by atoms with Crippen molar-refractivity contribution in [1.29, 1.82) is 0 Å². The van der Waals surface area contributed by atoms with Gasteiger partial charge in [0.05, 0.1) is 76.4 Å². The van der Waals surface area contributed by atoms with Gasteiger partial charge in [0.2, 0.25) is 49.6 Å². The number of esters is 2. The van der Waals surface area contributed by atoms with Crippen LogP contribution in [0.1, 0.15) is 231 Å². The number of carbonyl (C=O) groups is 10. The van der Waals surface area contributed by atoms with Crippen LogP contribution < -0.4 is 9.44 Å². The van der Waals surface area contributed by atoms with Crippen LogP contribution in [0, 0.1) is 75.9 Å². The molecule has 0 aromatic heterocycles. The number of fused-ring (bicyclic) bond motifs is 2. The highest BCUT2D eigenvalue weighted by Gasteiger charge is 2.63. The average molecular weight is 1530 g/mol. The first kappa shape index (κ1) is 88.7. The molecule has 4 aliphatic carbocycles. The molecule has 0 bridgehead atoms. The first-order chi connectivity index (χ1) is 49.2. The normalized spacial score (nSPS) is 30.3. The number of aliphatic hydroxyl groups is 3. The number of β-amino-alcohol motifs (C(OH)–C–C–N with tert-alkyl or cyclic N) is 2. The second-order valence-corrected chi connectivity index (χ2v) is 38.5. The zero-order valence-corrected chi connectivity index (χ0v) is 66.8. The zero-order chi connectivity index (χ0) is 79.5. The van der Waals surface area contributed by atoms with Crippen LogP contribution in [-0.2, 0) is 77.5 Å². The second-order valence-electron chi connectivity index (χ2n) is 34.6. The fourth-order valence-electron chi connectivity index (χ4n) is 15.9. The average Bonchev–Trinajstić information content (AvgIpc) is 1.56. The summed E-state index contributed by atoms with van der Waals surface area (Å²) in [4.78, 5) is 136. The van der Waals surface area contributed by atoms with Gasteiger partial charge in [0, 0.05) is 57.7 Å². The van der Waals surface area contributed by atoms with Crippen LogP contribution in [0.3, 0.4) is 0 Å². The van der Waals surface area contributed by atoms with Crippen molar-refractivity contribution < 1.29 is 94.7 Å². The van der Waals surface area contributed by atoms with E-state index in [1.807, 2.05) is 52.0 Å². The molecule has 7 fully saturated rings. The molecule has 5 unspecified atom stereocenters. The van der Waals surface area contributed by atoms with Crippen LogP contribution in [0.4, 0.5) is 0 Å². The summed E-state index contributed by atoms with van der Waals surface area (Å²) >= 11 is 0. The van der Waals surface area contributed by atoms with E-state index < -0.39 is 142 Å². The Morgan fingerprint density at radius 2 is 1.18 bits per heavy atom. The molecular formula is C79H125N5O20S2. The van der Waals surface area contributed by atoms with Gasteiger partial charge >= 0.3 is 17.9 Å². The Hall–Kier alpha value is -6.16. The molecular weight excluding hydrogens is 1400 g/mol. The van der Waals surface area contributed by atoms with Gasteiger partial charge < -0.3 is 44.6 Å². The molecule has 8 aliphatic rings. The minimum Gasteiger partial charge on any atom is -0.480 e. The van der Waals surface area contributed by atoms with E-state index in [0.717, 1.165) is 44.9 Å². The van der Waals surface area contributed by atoms with Gasteiger partial charge in [0.25, 0.3) is 0 Å². The number of sulfonamides is 2. The quantitative estimate of drug-likeness (QED) is 0.0300. The summed E-state index contributed by atoms with van der Waals surface area (Å²) in [5.74, 6) is -6.78. The van der Waals surface area contributed by atoms with Gasteiger partial charge in [0.15, 0.2) is 11.6 Å². The highest BCUT2D eigenvalue weighted by molar-refractivity contribution is 7.91. The molecule has 27 heteroatoms. The number of nitrogens with zero attached hydrogens (tertiary/aromatic N) is 3. The highest BCUT2D eigenvalue weighted by Crippen LogP contribution is 2.58. The molecule has 6 N–H and O–H groups in total. The Morgan fingerprint density at radius 1 is 0.670 bits per heavy atom. The zero-order valence-electron chi connectivity index (χ0n) is 65.1. The van der Waals surface area contributed by atoms with E-state index >= 15 is 0 Å². The molecule has 0 aromatic carbocycles. The number of hydrogen-bond acceptors (Lipinski definition) is 19. The van der Waals surface area contributed by atoms with Gasteiger partial charge in [-0.1, -0.05) is 78.8 Å². The largest absolute Gasteiger partial charge is 0.480 e. The van der Waals surface area contributed by atoms with Crippen LogP contribution in [0.15, 0.2) is 50.1 Å². The van der Waals surface area contributed by atoms with Gasteiger partial charge in [-0.15, -0.1) is 19.7 Å². The smallest absolute Gasteiger partial charge is 0.326 e. The molecule has 5 amide bonds. The first-order valence-electron chi connectivity index (χ1n) is 38.5. The fraction of sp³-hybridized carbons (Fsp3) is 0.772. The summed E-state index contributed by atoms with van der Waals surface area (Å²) in [5, 5.41) is 38.8. The Bertz CT molecular complexity index is 3470. The van der Waals surface area contributed by atoms with Crippen molar-refractivity contribution in [1.82, 2.24) is 24.1 Å². The molecule has 25 nitrogen and oxygen atoms in total. The Morgan fingerprint density at radius 3 is 1.69 bits per heavy atom. The van der Waals surface area contributed by atoms with E-state index in [-0.39, 0.29) is 136 Å². The number of rotatable bonds is 29. The summed E-state index contributed by atoms with van der Waals surface area (Å²) in [5.41, 5.74) is -3.91. The minimum absolute atomic E-state index is 0.00464. The molecule has 4 heterocycles. The van der Waals surface area contributed by atoms with Crippen molar-refractivity contribution >= 4 is 79.1 Å². The van der Waals surface area contributed by atoms with E-state index in [9.17, 15) is 85.2 Å². The molecule has 4 saturated carbocycles. The third-order valence-electron chi connectivity index (χ3n) is 22.7. The van der Waals surface area contributed by atoms with Gasteiger partial charge in [-0.05, 0) is 185 Å². The van der Waals surface area contributed by atoms with Crippen molar-refractivity contribution in [3.05, 3.63) is 50.1 Å².